The van der Waals surface area contributed by atoms with Gasteiger partial charge < -0.3 is 0 Å². The van der Waals surface area contributed by atoms with Crippen molar-refractivity contribution in [3.05, 3.63) is 39.6 Å². The Morgan fingerprint density at radius 2 is 2.00 bits per heavy atom. The van der Waals surface area contributed by atoms with Gasteiger partial charge in [-0.3, -0.25) is 0 Å². The average Bonchev–Trinajstić information content (AvgIpc) is 2.73. The third-order valence-electron chi connectivity index (χ3n) is 2.14. The molecule has 0 unspecified atom stereocenters. The Labute approximate surface area is 114 Å². The molecule has 0 atom stereocenters. The van der Waals surface area contributed by atoms with Gasteiger partial charge in [0.05, 0.1) is 12.4 Å². The van der Waals surface area contributed by atoms with E-state index in [9.17, 15) is 8.42 Å². The van der Waals surface area contributed by atoms with Gasteiger partial charge in [0.1, 0.15) is 4.90 Å². The number of aryl methyl sites for hydroxylation is 1. The normalized spacial score (nSPS) is 11.7. The zero-order valence-electron chi connectivity index (χ0n) is 9.42. The van der Waals surface area contributed by atoms with E-state index in [1.165, 1.54) is 12.4 Å². The van der Waals surface area contributed by atoms with Crippen LogP contribution in [0.25, 0.3) is 0 Å². The number of nitrogens with zero attached hydrogens (tertiary/aromatic N) is 2. The van der Waals surface area contributed by atoms with Gasteiger partial charge in [-0.15, -0.1) is 11.3 Å². The van der Waals surface area contributed by atoms with Crippen LogP contribution in [0.1, 0.15) is 9.75 Å². The van der Waals surface area contributed by atoms with E-state index in [1.54, 1.807) is 11.3 Å². The number of thiophene rings is 1. The summed E-state index contributed by atoms with van der Waals surface area (Å²) in [6.45, 7) is 2.22. The first-order valence-electron chi connectivity index (χ1n) is 5.00. The van der Waals surface area contributed by atoms with E-state index in [-0.39, 0.29) is 16.7 Å². The molecule has 0 saturated heterocycles. The molecule has 0 fully saturated rings. The van der Waals surface area contributed by atoms with Crippen molar-refractivity contribution in [2.75, 3.05) is 0 Å². The second-order valence-corrected chi connectivity index (χ2v) is 7.00. The van der Waals surface area contributed by atoms with Crippen molar-refractivity contribution in [1.82, 2.24) is 14.7 Å². The molecule has 0 spiro atoms. The van der Waals surface area contributed by atoms with Crippen LogP contribution in [0.3, 0.4) is 0 Å². The fourth-order valence-corrected chi connectivity index (χ4v) is 3.18. The quantitative estimate of drug-likeness (QED) is 0.877. The van der Waals surface area contributed by atoms with Crippen LogP contribution in [0.5, 0.6) is 0 Å². The lowest BCUT2D eigenvalue weighted by atomic mass is 10.4. The number of aromatic nitrogens is 2. The Kier molecular flexibility index (Phi) is 3.96. The molecule has 0 saturated carbocycles. The summed E-state index contributed by atoms with van der Waals surface area (Å²) in [6, 6.07) is 3.83. The smallest absolute Gasteiger partial charge is 0.225 e. The molecule has 0 aliphatic heterocycles. The number of sulfonamides is 1. The number of hydrogen-bond acceptors (Lipinski definition) is 5. The Bertz CT molecular complexity index is 637. The molecule has 5 nitrogen and oxygen atoms in total. The van der Waals surface area contributed by atoms with E-state index in [4.69, 9.17) is 11.6 Å². The molecular formula is C10H10ClN3O2S2. The molecule has 0 aliphatic rings. The summed E-state index contributed by atoms with van der Waals surface area (Å²) in [5, 5.41) is 0.0165. The molecule has 0 aliphatic carbocycles. The van der Waals surface area contributed by atoms with Gasteiger partial charge in [-0.2, -0.15) is 0 Å². The molecule has 96 valence electrons. The van der Waals surface area contributed by atoms with Gasteiger partial charge >= 0.3 is 0 Å². The van der Waals surface area contributed by atoms with Crippen LogP contribution in [-0.4, -0.2) is 18.4 Å². The van der Waals surface area contributed by atoms with Crippen molar-refractivity contribution in [1.29, 1.82) is 0 Å². The van der Waals surface area contributed by atoms with Crippen molar-refractivity contribution in [3.8, 4) is 0 Å². The van der Waals surface area contributed by atoms with E-state index < -0.39 is 10.0 Å². The fourth-order valence-electron chi connectivity index (χ4n) is 1.27. The van der Waals surface area contributed by atoms with Crippen molar-refractivity contribution in [2.45, 2.75) is 18.4 Å². The summed E-state index contributed by atoms with van der Waals surface area (Å²) in [5.74, 6) is 0. The van der Waals surface area contributed by atoms with E-state index >= 15 is 0 Å². The lowest BCUT2D eigenvalue weighted by Crippen LogP contribution is -2.23. The highest BCUT2D eigenvalue weighted by Crippen LogP contribution is 2.16. The van der Waals surface area contributed by atoms with Crippen molar-refractivity contribution in [2.24, 2.45) is 0 Å². The third-order valence-corrected chi connectivity index (χ3v) is 4.69. The monoisotopic (exact) mass is 303 g/mol. The third kappa shape index (κ3) is 3.26. The van der Waals surface area contributed by atoms with Crippen LogP contribution in [0, 0.1) is 6.92 Å². The van der Waals surface area contributed by atoms with Crippen LogP contribution in [0.15, 0.2) is 29.4 Å². The lowest BCUT2D eigenvalue weighted by molar-refractivity contribution is 0.581. The molecule has 0 aromatic carbocycles. The minimum atomic E-state index is -3.59. The number of hydrogen-bond donors (Lipinski definition) is 1. The van der Waals surface area contributed by atoms with Gasteiger partial charge in [0, 0.05) is 16.3 Å². The molecule has 1 N–H and O–H groups in total. The predicted molar refractivity (Wildman–Crippen MR) is 70.1 cm³/mol. The van der Waals surface area contributed by atoms with Gasteiger partial charge in [0.2, 0.25) is 15.3 Å². The van der Waals surface area contributed by atoms with Crippen molar-refractivity contribution >= 4 is 33.0 Å². The van der Waals surface area contributed by atoms with E-state index in [1.807, 2.05) is 19.1 Å². The molecule has 2 heterocycles. The highest BCUT2D eigenvalue weighted by molar-refractivity contribution is 7.89. The maximum Gasteiger partial charge on any atom is 0.243 e. The SMILES string of the molecule is Cc1ccc(CNS(=O)(=O)c2cnc(Cl)nc2)s1. The van der Waals surface area contributed by atoms with Crippen molar-refractivity contribution < 1.29 is 8.42 Å². The Morgan fingerprint density at radius 1 is 1.33 bits per heavy atom. The second kappa shape index (κ2) is 5.31. The van der Waals surface area contributed by atoms with E-state index in [0.29, 0.717) is 0 Å². The first-order valence-corrected chi connectivity index (χ1v) is 7.68. The molecular weight excluding hydrogens is 294 g/mol. The summed E-state index contributed by atoms with van der Waals surface area (Å²) >= 11 is 7.05. The first-order chi connectivity index (χ1) is 8.47. The van der Waals surface area contributed by atoms with Gasteiger partial charge in [0.25, 0.3) is 0 Å². The Morgan fingerprint density at radius 3 is 2.56 bits per heavy atom. The van der Waals surface area contributed by atoms with E-state index in [2.05, 4.69) is 14.7 Å². The van der Waals surface area contributed by atoms with Gasteiger partial charge in [0.15, 0.2) is 0 Å². The van der Waals surface area contributed by atoms with Crippen LogP contribution in [0.4, 0.5) is 0 Å². The lowest BCUT2D eigenvalue weighted by Gasteiger charge is -2.04. The molecule has 2 aromatic heterocycles. The number of nitrogens with one attached hydrogen (secondary N) is 1. The molecule has 8 heteroatoms. The maximum absolute atomic E-state index is 11.9. The topological polar surface area (TPSA) is 72.0 Å². The van der Waals surface area contributed by atoms with Gasteiger partial charge in [-0.25, -0.2) is 23.1 Å². The summed E-state index contributed by atoms with van der Waals surface area (Å²) in [7, 11) is -3.59. The summed E-state index contributed by atoms with van der Waals surface area (Å²) in [4.78, 5) is 9.37. The average molecular weight is 304 g/mol. The van der Waals surface area contributed by atoms with Gasteiger partial charge in [-0.1, -0.05) is 0 Å². The van der Waals surface area contributed by atoms with Gasteiger partial charge in [-0.05, 0) is 30.7 Å². The van der Waals surface area contributed by atoms with Crippen LogP contribution < -0.4 is 4.72 Å². The number of rotatable bonds is 4. The van der Waals surface area contributed by atoms with Crippen LogP contribution in [-0.2, 0) is 16.6 Å². The molecule has 18 heavy (non-hydrogen) atoms. The Hall–Kier alpha value is -1.02. The summed E-state index contributed by atoms with van der Waals surface area (Å²) in [5.41, 5.74) is 0. The largest absolute Gasteiger partial charge is 0.243 e. The minimum absolute atomic E-state index is 0.000165. The van der Waals surface area contributed by atoms with E-state index in [0.717, 1.165) is 9.75 Å². The minimum Gasteiger partial charge on any atom is -0.225 e. The predicted octanol–water partition coefficient (Wildman–Crippen LogP) is 1.98. The molecule has 0 amide bonds. The summed E-state index contributed by atoms with van der Waals surface area (Å²) < 4.78 is 26.3. The van der Waals surface area contributed by atoms with Crippen LogP contribution >= 0.6 is 22.9 Å². The number of halogens is 1. The zero-order chi connectivity index (χ0) is 13.2. The summed E-state index contributed by atoms with van der Waals surface area (Å²) in [6.07, 6.45) is 2.36. The fraction of sp³-hybridized carbons (Fsp3) is 0.200. The zero-order valence-corrected chi connectivity index (χ0v) is 11.8. The Balaban J connectivity index is 2.10. The van der Waals surface area contributed by atoms with Crippen molar-refractivity contribution in [3.63, 3.8) is 0 Å². The molecule has 0 bridgehead atoms. The molecule has 2 rings (SSSR count). The highest BCUT2D eigenvalue weighted by Gasteiger charge is 2.15. The van der Waals surface area contributed by atoms with Crippen LogP contribution in [0.2, 0.25) is 5.28 Å². The second-order valence-electron chi connectivity index (χ2n) is 3.52. The molecule has 0 radical (unpaired) electrons. The molecule has 2 aromatic rings. The standard InChI is InChI=1S/C10H10ClN3O2S2/c1-7-2-3-8(17-7)4-14-18(15,16)9-5-12-10(11)13-6-9/h2-3,5-6,14H,4H2,1H3. The highest BCUT2D eigenvalue weighted by atomic mass is 35.5. The first kappa shape index (κ1) is 13.4. The maximum atomic E-state index is 11.9.